The minimum atomic E-state index is -0.565. The summed E-state index contributed by atoms with van der Waals surface area (Å²) in [6, 6.07) is 9.66. The van der Waals surface area contributed by atoms with E-state index in [1.165, 1.54) is 23.1 Å². The molecule has 3 heterocycles. The molecule has 12 heteroatoms. The third-order valence-corrected chi connectivity index (χ3v) is 8.20. The highest BCUT2D eigenvalue weighted by molar-refractivity contribution is 8.00. The lowest BCUT2D eigenvalue weighted by Gasteiger charge is -2.07. The molecule has 0 saturated heterocycles. The first-order chi connectivity index (χ1) is 15.0. The molecule has 0 fully saturated rings. The summed E-state index contributed by atoms with van der Waals surface area (Å²) >= 11 is 5.86. The Balaban J connectivity index is 1.36. The number of nitrogens with zero attached hydrogens (tertiary/aromatic N) is 4. The van der Waals surface area contributed by atoms with Crippen molar-refractivity contribution in [1.82, 2.24) is 19.7 Å². The summed E-state index contributed by atoms with van der Waals surface area (Å²) in [6.45, 7) is 2.72. The summed E-state index contributed by atoms with van der Waals surface area (Å²) in [5.74, 6) is 0.837. The van der Waals surface area contributed by atoms with E-state index in [9.17, 15) is 9.59 Å². The van der Waals surface area contributed by atoms with Crippen LogP contribution in [0.4, 0.5) is 5.00 Å². The number of primary amides is 1. The molecule has 1 aromatic carbocycles. The Morgan fingerprint density at radius 2 is 2.03 bits per heavy atom. The lowest BCUT2D eigenvalue weighted by atomic mass is 10.3. The normalized spacial score (nSPS) is 11.1. The number of benzene rings is 1. The standard InChI is InChI=1S/C19H18N6O2S4/c1-2-25-14(9-30-19-21-12-5-3-4-6-13(12)31-19)23-24-18(25)29-10-15(26)22-17-11(16(20)27)7-8-28-17/h3-8H,2,9-10H2,1H3,(H2,20,27)(H,22,26). The van der Waals surface area contributed by atoms with E-state index in [2.05, 4.69) is 26.6 Å². The number of hydrogen-bond donors (Lipinski definition) is 2. The van der Waals surface area contributed by atoms with Gasteiger partial charge in [0.1, 0.15) is 10.8 Å². The van der Waals surface area contributed by atoms with Crippen LogP contribution in [-0.2, 0) is 17.1 Å². The van der Waals surface area contributed by atoms with Gasteiger partial charge in [-0.1, -0.05) is 35.7 Å². The number of rotatable bonds is 9. The first kappa shape index (κ1) is 21.8. The molecule has 3 aromatic heterocycles. The fraction of sp³-hybridized carbons (Fsp3) is 0.211. The molecule has 0 aliphatic rings. The maximum absolute atomic E-state index is 12.3. The second kappa shape index (κ2) is 9.81. The van der Waals surface area contributed by atoms with Gasteiger partial charge < -0.3 is 15.6 Å². The van der Waals surface area contributed by atoms with E-state index < -0.39 is 5.91 Å². The summed E-state index contributed by atoms with van der Waals surface area (Å²) < 4.78 is 4.15. The van der Waals surface area contributed by atoms with Crippen molar-refractivity contribution in [2.75, 3.05) is 11.1 Å². The fourth-order valence-corrected chi connectivity index (χ4v) is 6.42. The van der Waals surface area contributed by atoms with Crippen LogP contribution in [0.15, 0.2) is 45.2 Å². The van der Waals surface area contributed by atoms with E-state index in [-0.39, 0.29) is 11.7 Å². The number of aromatic nitrogens is 4. The maximum Gasteiger partial charge on any atom is 0.251 e. The minimum Gasteiger partial charge on any atom is -0.366 e. The van der Waals surface area contributed by atoms with Crippen LogP contribution in [-0.4, -0.2) is 37.3 Å². The van der Waals surface area contributed by atoms with E-state index >= 15 is 0 Å². The predicted molar refractivity (Wildman–Crippen MR) is 127 cm³/mol. The highest BCUT2D eigenvalue weighted by atomic mass is 32.2. The fourth-order valence-electron chi connectivity index (χ4n) is 2.78. The smallest absolute Gasteiger partial charge is 0.251 e. The van der Waals surface area contributed by atoms with Gasteiger partial charge in [-0.25, -0.2) is 4.98 Å². The molecule has 0 saturated carbocycles. The highest BCUT2D eigenvalue weighted by Gasteiger charge is 2.16. The van der Waals surface area contributed by atoms with Crippen LogP contribution in [0.2, 0.25) is 0 Å². The number of carbonyl (C=O) groups excluding carboxylic acids is 2. The van der Waals surface area contributed by atoms with Crippen molar-refractivity contribution < 1.29 is 9.59 Å². The second-order valence-electron chi connectivity index (χ2n) is 6.24. The molecule has 0 bridgehead atoms. The number of amides is 2. The van der Waals surface area contributed by atoms with Crippen molar-refractivity contribution in [3.8, 4) is 0 Å². The van der Waals surface area contributed by atoms with Crippen LogP contribution in [0.1, 0.15) is 23.1 Å². The number of thioether (sulfide) groups is 2. The van der Waals surface area contributed by atoms with Crippen molar-refractivity contribution in [2.45, 2.75) is 28.7 Å². The number of hydrogen-bond acceptors (Lipinski definition) is 9. The number of para-hydroxylation sites is 1. The van der Waals surface area contributed by atoms with E-state index in [1.807, 2.05) is 29.7 Å². The zero-order valence-electron chi connectivity index (χ0n) is 16.4. The Kier molecular flexibility index (Phi) is 6.90. The number of nitrogens with one attached hydrogen (secondary N) is 1. The van der Waals surface area contributed by atoms with Crippen molar-refractivity contribution in [3.05, 3.63) is 47.1 Å². The summed E-state index contributed by atoms with van der Waals surface area (Å²) in [5.41, 5.74) is 6.63. The maximum atomic E-state index is 12.3. The summed E-state index contributed by atoms with van der Waals surface area (Å²) in [6.07, 6.45) is 0. The van der Waals surface area contributed by atoms with Gasteiger partial charge in [0.2, 0.25) is 5.91 Å². The summed E-state index contributed by atoms with van der Waals surface area (Å²) in [7, 11) is 0. The average Bonchev–Trinajstić information content (AvgIpc) is 3.47. The highest BCUT2D eigenvalue weighted by Crippen LogP contribution is 2.31. The molecule has 0 atom stereocenters. The zero-order valence-corrected chi connectivity index (χ0v) is 19.7. The number of anilines is 1. The van der Waals surface area contributed by atoms with E-state index in [4.69, 9.17) is 5.73 Å². The second-order valence-corrected chi connectivity index (χ2v) is 10.4. The largest absolute Gasteiger partial charge is 0.366 e. The molecule has 4 aromatic rings. The van der Waals surface area contributed by atoms with Gasteiger partial charge in [0.05, 0.1) is 27.3 Å². The van der Waals surface area contributed by atoms with Gasteiger partial charge in [0.15, 0.2) is 9.50 Å². The average molecular weight is 491 g/mol. The molecule has 0 aliphatic carbocycles. The van der Waals surface area contributed by atoms with Crippen molar-refractivity contribution >= 4 is 73.2 Å². The van der Waals surface area contributed by atoms with Crippen LogP contribution in [0.3, 0.4) is 0 Å². The van der Waals surface area contributed by atoms with Gasteiger partial charge in [-0.05, 0) is 30.5 Å². The Hall–Kier alpha value is -2.41. The molecule has 0 radical (unpaired) electrons. The molecule has 160 valence electrons. The number of thiophene rings is 1. The molecule has 31 heavy (non-hydrogen) atoms. The lowest BCUT2D eigenvalue weighted by Crippen LogP contribution is -2.18. The van der Waals surface area contributed by atoms with Gasteiger partial charge in [-0.2, -0.15) is 0 Å². The molecule has 0 unspecified atom stereocenters. The first-order valence-electron chi connectivity index (χ1n) is 9.25. The Bertz CT molecular complexity index is 1200. The molecular weight excluding hydrogens is 473 g/mol. The zero-order chi connectivity index (χ0) is 21.8. The molecule has 0 spiro atoms. The van der Waals surface area contributed by atoms with Crippen LogP contribution in [0, 0.1) is 0 Å². The summed E-state index contributed by atoms with van der Waals surface area (Å²) in [5, 5.41) is 14.1. The summed E-state index contributed by atoms with van der Waals surface area (Å²) in [4.78, 5) is 28.3. The third kappa shape index (κ3) is 5.09. The number of nitrogens with two attached hydrogens (primary N) is 1. The molecule has 8 nitrogen and oxygen atoms in total. The first-order valence-corrected chi connectivity index (χ1v) is 12.9. The van der Waals surface area contributed by atoms with Crippen molar-refractivity contribution in [3.63, 3.8) is 0 Å². The van der Waals surface area contributed by atoms with Gasteiger partial charge in [-0.15, -0.1) is 32.9 Å². The van der Waals surface area contributed by atoms with Crippen molar-refractivity contribution in [2.24, 2.45) is 5.73 Å². The Morgan fingerprint density at radius 3 is 2.81 bits per heavy atom. The predicted octanol–water partition coefficient (Wildman–Crippen LogP) is 4.09. The molecule has 0 aliphatic heterocycles. The third-order valence-electron chi connectivity index (χ3n) is 4.22. The quantitative estimate of drug-likeness (QED) is 0.339. The number of carbonyl (C=O) groups is 2. The van der Waals surface area contributed by atoms with E-state index in [0.29, 0.717) is 28.0 Å². The monoisotopic (exact) mass is 490 g/mol. The number of fused-ring (bicyclic) bond motifs is 1. The molecule has 2 amide bonds. The van der Waals surface area contributed by atoms with Gasteiger partial charge in [0, 0.05) is 6.54 Å². The topological polar surface area (TPSA) is 116 Å². The molecular formula is C19H18N6O2S4. The van der Waals surface area contributed by atoms with Crippen LogP contribution in [0.25, 0.3) is 10.2 Å². The van der Waals surface area contributed by atoms with E-state index in [0.717, 1.165) is 20.4 Å². The van der Waals surface area contributed by atoms with Crippen LogP contribution < -0.4 is 11.1 Å². The Morgan fingerprint density at radius 1 is 1.19 bits per heavy atom. The van der Waals surface area contributed by atoms with Crippen LogP contribution >= 0.6 is 46.2 Å². The minimum absolute atomic E-state index is 0.152. The van der Waals surface area contributed by atoms with Gasteiger partial charge >= 0.3 is 0 Å². The van der Waals surface area contributed by atoms with Gasteiger partial charge in [-0.3, -0.25) is 9.59 Å². The number of thiazole rings is 1. The SMILES string of the molecule is CCn1c(CSc2nc3ccccc3s2)nnc1SCC(=O)Nc1sccc1C(N)=O. The Labute approximate surface area is 194 Å². The van der Waals surface area contributed by atoms with Crippen LogP contribution in [0.5, 0.6) is 0 Å². The van der Waals surface area contributed by atoms with Crippen molar-refractivity contribution in [1.29, 1.82) is 0 Å². The van der Waals surface area contributed by atoms with E-state index in [1.54, 1.807) is 34.5 Å². The molecule has 4 rings (SSSR count). The van der Waals surface area contributed by atoms with Gasteiger partial charge in [0.25, 0.3) is 5.91 Å². The lowest BCUT2D eigenvalue weighted by molar-refractivity contribution is -0.113. The molecule has 3 N–H and O–H groups in total.